The third-order valence-corrected chi connectivity index (χ3v) is 4.53. The quantitative estimate of drug-likeness (QED) is 0.940. The second kappa shape index (κ2) is 5.54. The number of imidazole rings is 1. The van der Waals surface area contributed by atoms with E-state index in [0.29, 0.717) is 18.5 Å². The fourth-order valence-corrected chi connectivity index (χ4v) is 3.06. The lowest BCUT2D eigenvalue weighted by Gasteiger charge is -2.35. The third-order valence-electron chi connectivity index (χ3n) is 4.53. The van der Waals surface area contributed by atoms with E-state index in [4.69, 9.17) is 0 Å². The van der Waals surface area contributed by atoms with Gasteiger partial charge in [-0.25, -0.2) is 4.98 Å². The predicted molar refractivity (Wildman–Crippen MR) is 79.3 cm³/mol. The van der Waals surface area contributed by atoms with Crippen LogP contribution >= 0.6 is 0 Å². The van der Waals surface area contributed by atoms with Crippen molar-refractivity contribution in [3.63, 3.8) is 0 Å². The van der Waals surface area contributed by atoms with E-state index < -0.39 is 24.0 Å². The maximum atomic E-state index is 13.2. The first-order valence-corrected chi connectivity index (χ1v) is 7.60. The number of carbonyl (C=O) groups is 1. The monoisotopic (exact) mass is 325 g/mol. The summed E-state index contributed by atoms with van der Waals surface area (Å²) in [5, 5.41) is 2.18. The number of hydrogen-bond acceptors (Lipinski definition) is 2. The Hall–Kier alpha value is -2.05. The van der Waals surface area contributed by atoms with E-state index in [1.807, 2.05) is 13.8 Å². The first kappa shape index (κ1) is 15.8. The third kappa shape index (κ3) is 2.80. The lowest BCUT2D eigenvalue weighted by Crippen LogP contribution is -2.52. The fraction of sp³-hybridized carbons (Fsp3) is 0.500. The number of aromatic nitrogens is 2. The number of pyridine rings is 1. The highest BCUT2D eigenvalue weighted by molar-refractivity contribution is 6.00. The molecule has 3 rings (SSSR count). The van der Waals surface area contributed by atoms with Crippen LogP contribution in [0.2, 0.25) is 0 Å². The van der Waals surface area contributed by atoms with Crippen molar-refractivity contribution < 1.29 is 18.0 Å². The lowest BCUT2D eigenvalue weighted by atomic mass is 9.79. The van der Waals surface area contributed by atoms with Gasteiger partial charge in [0, 0.05) is 17.6 Å². The van der Waals surface area contributed by atoms with Crippen LogP contribution in [0.5, 0.6) is 0 Å². The number of alkyl halides is 3. The normalized spacial score (nSPS) is 17.1. The van der Waals surface area contributed by atoms with Crippen LogP contribution in [0.25, 0.3) is 5.65 Å². The smallest absolute Gasteiger partial charge is 0.340 e. The largest absolute Gasteiger partial charge is 0.408 e. The Morgan fingerprint density at radius 3 is 2.57 bits per heavy atom. The standard InChI is InChI=1S/C16H18F3N3O/c1-9-6-7-12(14-20-8-10(2)22(9)14)15(23)21-13(16(17,18)19)11-4-3-5-11/h6-8,11,13H,3-5H2,1-2H3,(H,21,23). The maximum absolute atomic E-state index is 13.2. The summed E-state index contributed by atoms with van der Waals surface area (Å²) < 4.78 is 41.4. The number of aryl methyl sites for hydroxylation is 2. The number of hydrogen-bond donors (Lipinski definition) is 1. The molecule has 0 aliphatic heterocycles. The Kier molecular flexibility index (Phi) is 3.82. The van der Waals surface area contributed by atoms with E-state index in [9.17, 15) is 18.0 Å². The second-order valence-electron chi connectivity index (χ2n) is 6.13. The molecule has 7 heteroatoms. The predicted octanol–water partition coefficient (Wildman–Crippen LogP) is 3.41. The van der Waals surface area contributed by atoms with Crippen molar-refractivity contribution in [2.45, 2.75) is 45.3 Å². The lowest BCUT2D eigenvalue weighted by molar-refractivity contribution is -0.171. The minimum atomic E-state index is -4.44. The van der Waals surface area contributed by atoms with Crippen LogP contribution in [0.4, 0.5) is 13.2 Å². The minimum absolute atomic E-state index is 0.164. The average molecular weight is 325 g/mol. The van der Waals surface area contributed by atoms with Gasteiger partial charge in [0.2, 0.25) is 0 Å². The number of nitrogens with one attached hydrogen (secondary N) is 1. The molecule has 1 saturated carbocycles. The summed E-state index contributed by atoms with van der Waals surface area (Å²) >= 11 is 0. The first-order chi connectivity index (χ1) is 10.8. The molecule has 1 N–H and O–H groups in total. The van der Waals surface area contributed by atoms with Gasteiger partial charge >= 0.3 is 6.18 Å². The maximum Gasteiger partial charge on any atom is 0.408 e. The van der Waals surface area contributed by atoms with E-state index >= 15 is 0 Å². The molecule has 0 saturated heterocycles. The number of carbonyl (C=O) groups excluding carboxylic acids is 1. The van der Waals surface area contributed by atoms with Crippen molar-refractivity contribution in [3.8, 4) is 0 Å². The van der Waals surface area contributed by atoms with Crippen molar-refractivity contribution in [1.82, 2.24) is 14.7 Å². The van der Waals surface area contributed by atoms with Gasteiger partial charge in [0.1, 0.15) is 11.7 Å². The molecule has 2 aromatic heterocycles. The topological polar surface area (TPSA) is 46.4 Å². The molecule has 4 nitrogen and oxygen atoms in total. The van der Waals surface area contributed by atoms with Crippen molar-refractivity contribution >= 4 is 11.6 Å². The summed E-state index contributed by atoms with van der Waals surface area (Å²) in [6, 6.07) is 1.45. The molecule has 0 bridgehead atoms. The highest BCUT2D eigenvalue weighted by Gasteiger charge is 2.47. The van der Waals surface area contributed by atoms with Crippen molar-refractivity contribution in [1.29, 1.82) is 0 Å². The molecule has 1 aliphatic rings. The van der Waals surface area contributed by atoms with E-state index in [2.05, 4.69) is 10.3 Å². The van der Waals surface area contributed by atoms with E-state index in [1.165, 1.54) is 6.07 Å². The van der Waals surface area contributed by atoms with Crippen LogP contribution in [-0.2, 0) is 0 Å². The number of amides is 1. The molecule has 1 atom stereocenters. The van der Waals surface area contributed by atoms with Gasteiger partial charge < -0.3 is 9.72 Å². The molecule has 23 heavy (non-hydrogen) atoms. The molecular weight excluding hydrogens is 307 g/mol. The van der Waals surface area contributed by atoms with Gasteiger partial charge in [-0.2, -0.15) is 13.2 Å². The molecule has 2 heterocycles. The molecule has 1 fully saturated rings. The fourth-order valence-electron chi connectivity index (χ4n) is 3.06. The summed E-state index contributed by atoms with van der Waals surface area (Å²) in [6.45, 7) is 3.69. The van der Waals surface area contributed by atoms with Gasteiger partial charge in [-0.1, -0.05) is 6.42 Å². The SMILES string of the molecule is Cc1ccc(C(=O)NC(C2CCC2)C(F)(F)F)c2ncc(C)n12. The summed E-state index contributed by atoms with van der Waals surface area (Å²) in [7, 11) is 0. The Balaban J connectivity index is 1.92. The van der Waals surface area contributed by atoms with Gasteiger partial charge in [0.25, 0.3) is 5.91 Å². The number of rotatable bonds is 3. The first-order valence-electron chi connectivity index (χ1n) is 7.60. The van der Waals surface area contributed by atoms with Crippen molar-refractivity contribution in [2.75, 3.05) is 0 Å². The second-order valence-corrected chi connectivity index (χ2v) is 6.13. The van der Waals surface area contributed by atoms with E-state index in [0.717, 1.165) is 17.8 Å². The highest BCUT2D eigenvalue weighted by Crippen LogP contribution is 2.37. The molecule has 0 spiro atoms. The Bertz CT molecular complexity index is 747. The molecule has 1 unspecified atom stereocenters. The summed E-state index contributed by atoms with van der Waals surface area (Å²) in [4.78, 5) is 16.6. The molecule has 2 aromatic rings. The molecule has 1 amide bonds. The van der Waals surface area contributed by atoms with Crippen LogP contribution in [0, 0.1) is 19.8 Å². The van der Waals surface area contributed by atoms with Crippen LogP contribution < -0.4 is 5.32 Å². The molecule has 0 radical (unpaired) electrons. The summed E-state index contributed by atoms with van der Waals surface area (Å²) in [5.41, 5.74) is 2.25. The molecule has 124 valence electrons. The number of halogens is 3. The van der Waals surface area contributed by atoms with Gasteiger partial charge in [0.15, 0.2) is 0 Å². The Labute approximate surface area is 131 Å². The molecule has 1 aliphatic carbocycles. The molecular formula is C16H18F3N3O. The number of fused-ring (bicyclic) bond motifs is 1. The van der Waals surface area contributed by atoms with Crippen LogP contribution in [0.15, 0.2) is 18.3 Å². The summed E-state index contributed by atoms with van der Waals surface area (Å²) in [5.74, 6) is -1.25. The Morgan fingerprint density at radius 1 is 1.30 bits per heavy atom. The summed E-state index contributed by atoms with van der Waals surface area (Å²) in [6.07, 6.45) is -1.06. The number of nitrogens with zero attached hydrogens (tertiary/aromatic N) is 2. The highest BCUT2D eigenvalue weighted by atomic mass is 19.4. The van der Waals surface area contributed by atoms with E-state index in [1.54, 1.807) is 16.7 Å². The van der Waals surface area contributed by atoms with Crippen LogP contribution in [0.1, 0.15) is 41.0 Å². The Morgan fingerprint density at radius 2 is 2.00 bits per heavy atom. The average Bonchev–Trinajstić information content (AvgIpc) is 2.78. The van der Waals surface area contributed by atoms with Crippen molar-refractivity contribution in [2.24, 2.45) is 5.92 Å². The van der Waals surface area contributed by atoms with Gasteiger partial charge in [-0.3, -0.25) is 4.79 Å². The van der Waals surface area contributed by atoms with Gasteiger partial charge in [-0.15, -0.1) is 0 Å². The van der Waals surface area contributed by atoms with E-state index in [-0.39, 0.29) is 5.56 Å². The van der Waals surface area contributed by atoms with Crippen LogP contribution in [0.3, 0.4) is 0 Å². The van der Waals surface area contributed by atoms with Crippen LogP contribution in [-0.4, -0.2) is 27.5 Å². The zero-order valence-electron chi connectivity index (χ0n) is 12.9. The van der Waals surface area contributed by atoms with Gasteiger partial charge in [0.05, 0.1) is 5.56 Å². The van der Waals surface area contributed by atoms with Gasteiger partial charge in [-0.05, 0) is 44.7 Å². The molecule has 0 aromatic carbocycles. The van der Waals surface area contributed by atoms with Crippen molar-refractivity contribution in [3.05, 3.63) is 35.3 Å². The zero-order chi connectivity index (χ0) is 16.8. The zero-order valence-corrected chi connectivity index (χ0v) is 12.9. The minimum Gasteiger partial charge on any atom is -0.340 e.